The van der Waals surface area contributed by atoms with Gasteiger partial charge in [0.15, 0.2) is 0 Å². The van der Waals surface area contributed by atoms with Gasteiger partial charge in [0.25, 0.3) is 0 Å². The summed E-state index contributed by atoms with van der Waals surface area (Å²) in [4.78, 5) is 23.1. The first-order chi connectivity index (χ1) is 13.2. The van der Waals surface area contributed by atoms with Gasteiger partial charge in [-0.3, -0.25) is 9.59 Å². The van der Waals surface area contributed by atoms with Gasteiger partial charge in [-0.2, -0.15) is 0 Å². The highest BCUT2D eigenvalue weighted by Crippen LogP contribution is 2.10. The molecule has 0 spiro atoms. The third kappa shape index (κ3) is 21.0. The van der Waals surface area contributed by atoms with Crippen LogP contribution in [0.3, 0.4) is 0 Å². The summed E-state index contributed by atoms with van der Waals surface area (Å²) in [6.07, 6.45) is 22.5. The highest BCUT2D eigenvalue weighted by Gasteiger charge is 2.02. The van der Waals surface area contributed by atoms with Crippen LogP contribution in [0.4, 0.5) is 0 Å². The summed E-state index contributed by atoms with van der Waals surface area (Å²) in [6, 6.07) is 0. The minimum absolute atomic E-state index is 0.0464. The van der Waals surface area contributed by atoms with Gasteiger partial charge >= 0.3 is 5.97 Å². The number of Topliss-reactive ketones (excluding diaryl/α,β-unsaturated/α-hetero) is 1. The topological polar surface area (TPSA) is 43.4 Å². The van der Waals surface area contributed by atoms with Crippen LogP contribution < -0.4 is 0 Å². The van der Waals surface area contributed by atoms with E-state index in [2.05, 4.69) is 19.1 Å². The normalized spacial score (nSPS) is 11.2. The number of hydrogen-bond donors (Lipinski definition) is 0. The summed E-state index contributed by atoms with van der Waals surface area (Å²) in [6.45, 7) is 4.77. The smallest absolute Gasteiger partial charge is 0.305 e. The molecule has 0 aliphatic rings. The summed E-state index contributed by atoms with van der Waals surface area (Å²) in [5.74, 6) is 0.412. The molecule has 0 radical (unpaired) electrons. The van der Waals surface area contributed by atoms with Crippen LogP contribution in [-0.4, -0.2) is 18.4 Å². The molecule has 0 aliphatic carbocycles. The summed E-state index contributed by atoms with van der Waals surface area (Å²) in [7, 11) is 0. The molecule has 0 aromatic carbocycles. The van der Waals surface area contributed by atoms with Gasteiger partial charge in [0.05, 0.1) is 6.61 Å². The number of unbranched alkanes of at least 4 members (excludes halogenated alkanes) is 10. The first kappa shape index (κ1) is 25.9. The van der Waals surface area contributed by atoms with E-state index in [1.807, 2.05) is 6.92 Å². The Kier molecular flexibility index (Phi) is 20.3. The van der Waals surface area contributed by atoms with E-state index in [4.69, 9.17) is 4.74 Å². The molecular weight excluding hydrogens is 336 g/mol. The Labute approximate surface area is 168 Å². The average molecular weight is 381 g/mol. The van der Waals surface area contributed by atoms with Crippen molar-refractivity contribution in [3.8, 4) is 0 Å². The molecule has 158 valence electrons. The Morgan fingerprint density at radius 2 is 1.15 bits per heavy atom. The van der Waals surface area contributed by atoms with E-state index in [0.717, 1.165) is 57.8 Å². The third-order valence-electron chi connectivity index (χ3n) is 4.77. The van der Waals surface area contributed by atoms with Gasteiger partial charge in [0, 0.05) is 19.3 Å². The summed E-state index contributed by atoms with van der Waals surface area (Å²) < 4.78 is 5.06. The predicted molar refractivity (Wildman–Crippen MR) is 115 cm³/mol. The zero-order chi connectivity index (χ0) is 20.0. The first-order valence-corrected chi connectivity index (χ1v) is 11.5. The van der Waals surface area contributed by atoms with E-state index in [-0.39, 0.29) is 5.97 Å². The number of allylic oxidation sites excluding steroid dienone is 2. The average Bonchev–Trinajstić information content (AvgIpc) is 2.67. The molecule has 0 saturated carbocycles. The molecule has 0 heterocycles. The van der Waals surface area contributed by atoms with Crippen molar-refractivity contribution in [2.75, 3.05) is 6.61 Å². The largest absolute Gasteiger partial charge is 0.466 e. The SMILES string of the molecule is CCCCCCC(=O)CCCCC/C=C\CCCCCCC(=O)OCCC. The molecule has 27 heavy (non-hydrogen) atoms. The molecule has 0 unspecified atom stereocenters. The Morgan fingerprint density at radius 3 is 1.74 bits per heavy atom. The second kappa shape index (κ2) is 21.2. The van der Waals surface area contributed by atoms with Crippen LogP contribution in [0.15, 0.2) is 12.2 Å². The standard InChI is InChI=1S/C24H44O3/c1-3-5-6-16-19-23(25)20-17-14-12-10-8-7-9-11-13-15-18-21-24(26)27-22-4-2/h7-8H,3-6,9-22H2,1-2H3/b8-7-. The molecule has 3 heteroatoms. The Morgan fingerprint density at radius 1 is 0.630 bits per heavy atom. The predicted octanol–water partition coefficient (Wildman–Crippen LogP) is 7.33. The van der Waals surface area contributed by atoms with E-state index in [0.29, 0.717) is 18.8 Å². The number of ketones is 1. The minimum Gasteiger partial charge on any atom is -0.466 e. The number of ether oxygens (including phenoxy) is 1. The van der Waals surface area contributed by atoms with Crippen LogP contribution in [0.1, 0.15) is 123 Å². The Balaban J connectivity index is 3.27. The molecule has 0 aromatic heterocycles. The van der Waals surface area contributed by atoms with Gasteiger partial charge in [-0.1, -0.05) is 64.5 Å². The number of hydrogen-bond acceptors (Lipinski definition) is 3. The van der Waals surface area contributed by atoms with Crippen LogP contribution in [0.2, 0.25) is 0 Å². The van der Waals surface area contributed by atoms with Crippen molar-refractivity contribution in [1.29, 1.82) is 0 Å². The molecule has 0 bridgehead atoms. The van der Waals surface area contributed by atoms with Crippen molar-refractivity contribution in [2.45, 2.75) is 123 Å². The lowest BCUT2D eigenvalue weighted by molar-refractivity contribution is -0.143. The van der Waals surface area contributed by atoms with E-state index in [9.17, 15) is 9.59 Å². The van der Waals surface area contributed by atoms with E-state index in [1.165, 1.54) is 44.9 Å². The lowest BCUT2D eigenvalue weighted by Crippen LogP contribution is -2.04. The van der Waals surface area contributed by atoms with Crippen molar-refractivity contribution in [3.63, 3.8) is 0 Å². The van der Waals surface area contributed by atoms with Gasteiger partial charge in [-0.25, -0.2) is 0 Å². The van der Waals surface area contributed by atoms with E-state index < -0.39 is 0 Å². The maximum atomic E-state index is 11.7. The van der Waals surface area contributed by atoms with Gasteiger partial charge in [-0.05, 0) is 51.4 Å². The lowest BCUT2D eigenvalue weighted by Gasteiger charge is -2.02. The maximum absolute atomic E-state index is 11.7. The fourth-order valence-corrected chi connectivity index (χ4v) is 3.04. The highest BCUT2D eigenvalue weighted by atomic mass is 16.5. The second-order valence-electron chi connectivity index (χ2n) is 7.59. The van der Waals surface area contributed by atoms with Gasteiger partial charge in [0.1, 0.15) is 5.78 Å². The molecule has 0 atom stereocenters. The number of carbonyl (C=O) groups is 2. The van der Waals surface area contributed by atoms with Crippen LogP contribution in [0.25, 0.3) is 0 Å². The summed E-state index contributed by atoms with van der Waals surface area (Å²) >= 11 is 0. The molecule has 0 fully saturated rings. The molecule has 0 saturated heterocycles. The summed E-state index contributed by atoms with van der Waals surface area (Å²) in [5.41, 5.74) is 0. The van der Waals surface area contributed by atoms with Gasteiger partial charge in [-0.15, -0.1) is 0 Å². The van der Waals surface area contributed by atoms with Gasteiger partial charge in [0.2, 0.25) is 0 Å². The van der Waals surface area contributed by atoms with Crippen LogP contribution >= 0.6 is 0 Å². The first-order valence-electron chi connectivity index (χ1n) is 11.5. The zero-order valence-electron chi connectivity index (χ0n) is 18.1. The van der Waals surface area contributed by atoms with Crippen molar-refractivity contribution >= 4 is 11.8 Å². The van der Waals surface area contributed by atoms with Crippen molar-refractivity contribution < 1.29 is 14.3 Å². The molecule has 0 amide bonds. The van der Waals surface area contributed by atoms with Crippen molar-refractivity contribution in [1.82, 2.24) is 0 Å². The Hall–Kier alpha value is -1.12. The van der Waals surface area contributed by atoms with Crippen LogP contribution in [0, 0.1) is 0 Å². The molecule has 0 N–H and O–H groups in total. The fraction of sp³-hybridized carbons (Fsp3) is 0.833. The Bertz CT molecular complexity index is 374. The molecule has 0 aliphatic heterocycles. The number of rotatable bonds is 20. The van der Waals surface area contributed by atoms with E-state index in [1.54, 1.807) is 0 Å². The molecule has 0 rings (SSSR count). The number of carbonyl (C=O) groups excluding carboxylic acids is 2. The highest BCUT2D eigenvalue weighted by molar-refractivity contribution is 5.78. The fourth-order valence-electron chi connectivity index (χ4n) is 3.04. The van der Waals surface area contributed by atoms with Crippen LogP contribution in [-0.2, 0) is 14.3 Å². The lowest BCUT2D eigenvalue weighted by atomic mass is 10.0. The zero-order valence-corrected chi connectivity index (χ0v) is 18.1. The monoisotopic (exact) mass is 380 g/mol. The molecular formula is C24H44O3. The molecule has 0 aromatic rings. The quantitative estimate of drug-likeness (QED) is 0.126. The van der Waals surface area contributed by atoms with Crippen molar-refractivity contribution in [3.05, 3.63) is 12.2 Å². The summed E-state index contributed by atoms with van der Waals surface area (Å²) in [5, 5.41) is 0. The second-order valence-corrected chi connectivity index (χ2v) is 7.59. The van der Waals surface area contributed by atoms with Crippen LogP contribution in [0.5, 0.6) is 0 Å². The number of esters is 1. The van der Waals surface area contributed by atoms with Crippen molar-refractivity contribution in [2.24, 2.45) is 0 Å². The third-order valence-corrected chi connectivity index (χ3v) is 4.77. The van der Waals surface area contributed by atoms with E-state index >= 15 is 0 Å². The van der Waals surface area contributed by atoms with Gasteiger partial charge < -0.3 is 4.74 Å². The molecule has 3 nitrogen and oxygen atoms in total. The maximum Gasteiger partial charge on any atom is 0.305 e. The minimum atomic E-state index is -0.0464.